The Morgan fingerprint density at radius 3 is 2.40 bits per heavy atom. The number of quaternary nitrogens is 2. The lowest BCUT2D eigenvalue weighted by atomic mass is 10.1. The molecule has 1 fully saturated rings. The first-order valence-electron chi connectivity index (χ1n) is 8.70. The predicted octanol–water partition coefficient (Wildman–Crippen LogP) is 0.258. The van der Waals surface area contributed by atoms with Crippen LogP contribution in [-0.4, -0.2) is 38.1 Å². The SMILES string of the molecule is Oc1ccc(Cl)cc1C[NH+]1CC[NH+](Cc2ccc3c(c2)OCO3)CC1. The first-order valence-corrected chi connectivity index (χ1v) is 9.08. The molecule has 1 saturated heterocycles. The monoisotopic (exact) mass is 362 g/mol. The van der Waals surface area contributed by atoms with Gasteiger partial charge in [0.25, 0.3) is 0 Å². The summed E-state index contributed by atoms with van der Waals surface area (Å²) in [5.41, 5.74) is 2.22. The van der Waals surface area contributed by atoms with Crippen LogP contribution in [0.3, 0.4) is 0 Å². The van der Waals surface area contributed by atoms with E-state index < -0.39 is 0 Å². The molecular formula is C19H23ClN2O3+2. The molecule has 0 spiro atoms. The maximum atomic E-state index is 9.99. The van der Waals surface area contributed by atoms with Crippen molar-refractivity contribution in [2.75, 3.05) is 33.0 Å². The van der Waals surface area contributed by atoms with E-state index in [4.69, 9.17) is 21.1 Å². The Morgan fingerprint density at radius 1 is 0.880 bits per heavy atom. The van der Waals surface area contributed by atoms with E-state index in [0.29, 0.717) is 17.6 Å². The molecule has 5 nitrogen and oxygen atoms in total. The second-order valence-corrected chi connectivity index (χ2v) is 7.25. The van der Waals surface area contributed by atoms with Gasteiger partial charge < -0.3 is 24.4 Å². The summed E-state index contributed by atoms with van der Waals surface area (Å²) in [4.78, 5) is 3.07. The summed E-state index contributed by atoms with van der Waals surface area (Å²) < 4.78 is 10.8. The molecule has 3 N–H and O–H groups in total. The van der Waals surface area contributed by atoms with E-state index in [1.54, 1.807) is 17.0 Å². The highest BCUT2D eigenvalue weighted by Gasteiger charge is 2.24. The molecule has 2 aromatic carbocycles. The minimum atomic E-state index is 0.323. The summed E-state index contributed by atoms with van der Waals surface area (Å²) in [6.07, 6.45) is 0. The zero-order valence-corrected chi connectivity index (χ0v) is 14.8. The third kappa shape index (κ3) is 3.84. The molecule has 2 heterocycles. The minimum absolute atomic E-state index is 0.323. The van der Waals surface area contributed by atoms with E-state index >= 15 is 0 Å². The number of hydrogen-bond acceptors (Lipinski definition) is 3. The number of hydrogen-bond donors (Lipinski definition) is 3. The third-order valence-electron chi connectivity index (χ3n) is 5.04. The number of nitrogens with one attached hydrogen (secondary N) is 2. The van der Waals surface area contributed by atoms with E-state index in [2.05, 4.69) is 12.1 Å². The molecule has 2 aliphatic heterocycles. The highest BCUT2D eigenvalue weighted by Crippen LogP contribution is 2.32. The normalized spacial score (nSPS) is 22.1. The average molecular weight is 363 g/mol. The Morgan fingerprint density at radius 2 is 1.60 bits per heavy atom. The fraction of sp³-hybridized carbons (Fsp3) is 0.368. The van der Waals surface area contributed by atoms with Crippen molar-refractivity contribution in [3.05, 3.63) is 52.5 Å². The molecular weight excluding hydrogens is 340 g/mol. The van der Waals surface area contributed by atoms with Gasteiger partial charge in [-0.1, -0.05) is 11.6 Å². The van der Waals surface area contributed by atoms with Crippen LogP contribution in [0.25, 0.3) is 0 Å². The Hall–Kier alpha value is -1.95. The Labute approximate surface area is 152 Å². The van der Waals surface area contributed by atoms with Crippen LogP contribution in [0.4, 0.5) is 0 Å². The summed E-state index contributed by atoms with van der Waals surface area (Å²) >= 11 is 6.04. The quantitative estimate of drug-likeness (QED) is 0.731. The number of aromatic hydroxyl groups is 1. The van der Waals surface area contributed by atoms with Crippen molar-refractivity contribution in [3.63, 3.8) is 0 Å². The number of halogens is 1. The van der Waals surface area contributed by atoms with Crippen LogP contribution in [0.5, 0.6) is 17.2 Å². The number of phenols is 1. The van der Waals surface area contributed by atoms with Crippen molar-refractivity contribution in [1.82, 2.24) is 0 Å². The standard InChI is InChI=1S/C19H21ClN2O3/c20-16-2-3-17(23)15(10-16)12-22-7-5-21(6-8-22)11-14-1-4-18-19(9-14)25-13-24-18/h1-4,9-10,23H,5-8,11-13H2/p+2. The van der Waals surface area contributed by atoms with E-state index in [9.17, 15) is 5.11 Å². The smallest absolute Gasteiger partial charge is 0.231 e. The van der Waals surface area contributed by atoms with Gasteiger partial charge in [-0.3, -0.25) is 0 Å². The highest BCUT2D eigenvalue weighted by atomic mass is 35.5. The van der Waals surface area contributed by atoms with Crippen LogP contribution >= 0.6 is 11.6 Å². The lowest BCUT2D eigenvalue weighted by Gasteiger charge is -2.30. The van der Waals surface area contributed by atoms with Gasteiger partial charge in [0, 0.05) is 16.1 Å². The molecule has 132 valence electrons. The first-order chi connectivity index (χ1) is 12.2. The average Bonchev–Trinajstić information content (AvgIpc) is 3.08. The molecule has 0 aliphatic carbocycles. The van der Waals surface area contributed by atoms with Crippen LogP contribution in [0.15, 0.2) is 36.4 Å². The van der Waals surface area contributed by atoms with Gasteiger partial charge >= 0.3 is 0 Å². The van der Waals surface area contributed by atoms with Gasteiger partial charge in [-0.25, -0.2) is 0 Å². The van der Waals surface area contributed by atoms with Gasteiger partial charge in [-0.05, 0) is 36.4 Å². The lowest BCUT2D eigenvalue weighted by molar-refractivity contribution is -1.02. The minimum Gasteiger partial charge on any atom is -0.507 e. The van der Waals surface area contributed by atoms with Gasteiger partial charge in [0.15, 0.2) is 11.5 Å². The molecule has 0 unspecified atom stereocenters. The first kappa shape index (κ1) is 16.5. The topological polar surface area (TPSA) is 47.6 Å². The fourth-order valence-corrected chi connectivity index (χ4v) is 3.81. The Kier molecular flexibility index (Phi) is 4.70. The summed E-state index contributed by atoms with van der Waals surface area (Å²) in [5.74, 6) is 2.04. The summed E-state index contributed by atoms with van der Waals surface area (Å²) in [7, 11) is 0. The predicted molar refractivity (Wildman–Crippen MR) is 94.5 cm³/mol. The second kappa shape index (κ2) is 7.12. The van der Waals surface area contributed by atoms with Crippen molar-refractivity contribution in [3.8, 4) is 17.2 Å². The van der Waals surface area contributed by atoms with Crippen LogP contribution in [0.1, 0.15) is 11.1 Å². The van der Waals surface area contributed by atoms with Gasteiger partial charge in [-0.2, -0.15) is 0 Å². The zero-order valence-electron chi connectivity index (χ0n) is 14.1. The number of piperazine rings is 1. The molecule has 0 atom stereocenters. The van der Waals surface area contributed by atoms with Gasteiger partial charge in [0.2, 0.25) is 6.79 Å². The van der Waals surface area contributed by atoms with Gasteiger partial charge in [0.05, 0.1) is 0 Å². The van der Waals surface area contributed by atoms with E-state index in [1.807, 2.05) is 12.1 Å². The van der Waals surface area contributed by atoms with Crippen LogP contribution in [0, 0.1) is 0 Å². The Bertz CT molecular complexity index is 760. The number of ether oxygens (including phenoxy) is 2. The van der Waals surface area contributed by atoms with Crippen molar-refractivity contribution < 1.29 is 24.4 Å². The maximum absolute atomic E-state index is 9.99. The fourth-order valence-electron chi connectivity index (χ4n) is 3.62. The van der Waals surface area contributed by atoms with Crippen molar-refractivity contribution in [2.45, 2.75) is 13.1 Å². The zero-order chi connectivity index (χ0) is 17.2. The molecule has 0 radical (unpaired) electrons. The molecule has 0 bridgehead atoms. The summed E-state index contributed by atoms with van der Waals surface area (Å²) in [6.45, 7) is 6.56. The molecule has 2 aromatic rings. The molecule has 6 heteroatoms. The van der Waals surface area contributed by atoms with Crippen molar-refractivity contribution >= 4 is 11.6 Å². The summed E-state index contributed by atoms with van der Waals surface area (Å²) in [5, 5.41) is 10.7. The lowest BCUT2D eigenvalue weighted by Crippen LogP contribution is -3.27. The van der Waals surface area contributed by atoms with Gasteiger partial charge in [0.1, 0.15) is 45.0 Å². The molecule has 2 aliphatic rings. The van der Waals surface area contributed by atoms with Crippen molar-refractivity contribution in [1.29, 1.82) is 0 Å². The van der Waals surface area contributed by atoms with Crippen molar-refractivity contribution in [2.24, 2.45) is 0 Å². The van der Waals surface area contributed by atoms with E-state index in [1.165, 1.54) is 10.5 Å². The summed E-state index contributed by atoms with van der Waals surface area (Å²) in [6, 6.07) is 11.5. The van der Waals surface area contributed by atoms with Crippen LogP contribution in [0.2, 0.25) is 5.02 Å². The molecule has 0 saturated carbocycles. The maximum Gasteiger partial charge on any atom is 0.231 e. The van der Waals surface area contributed by atoms with Crippen LogP contribution in [-0.2, 0) is 13.1 Å². The molecule has 0 aromatic heterocycles. The largest absolute Gasteiger partial charge is 0.507 e. The number of fused-ring (bicyclic) bond motifs is 1. The van der Waals surface area contributed by atoms with E-state index in [0.717, 1.165) is 56.3 Å². The van der Waals surface area contributed by atoms with E-state index in [-0.39, 0.29) is 0 Å². The molecule has 4 rings (SSSR count). The van der Waals surface area contributed by atoms with Crippen LogP contribution < -0.4 is 19.3 Å². The van der Waals surface area contributed by atoms with Gasteiger partial charge in [-0.15, -0.1) is 0 Å². The molecule has 0 amide bonds. The Balaban J connectivity index is 1.31. The second-order valence-electron chi connectivity index (χ2n) is 6.81. The molecule has 25 heavy (non-hydrogen) atoms. The number of rotatable bonds is 4. The highest BCUT2D eigenvalue weighted by molar-refractivity contribution is 6.30. The number of phenolic OH excluding ortho intramolecular Hbond substituents is 1. The number of benzene rings is 2. The third-order valence-corrected chi connectivity index (χ3v) is 5.27.